The Balaban J connectivity index is 1.54. The Morgan fingerprint density at radius 1 is 0.964 bits per heavy atom. The van der Waals surface area contributed by atoms with Crippen LogP contribution < -0.4 is 4.74 Å². The molecule has 10 nitrogen and oxygen atoms in total. The predicted octanol–water partition coefficient (Wildman–Crippen LogP) is 1.90. The van der Waals surface area contributed by atoms with Crippen LogP contribution in [-0.2, 0) is 28.5 Å². The van der Waals surface area contributed by atoms with E-state index in [1.54, 1.807) is 27.7 Å². The van der Waals surface area contributed by atoms with E-state index >= 15 is 0 Å². The van der Waals surface area contributed by atoms with Crippen LogP contribution in [-0.4, -0.2) is 53.2 Å². The molecule has 0 radical (unpaired) electrons. The highest BCUT2D eigenvalue weighted by Gasteiger charge is 2.62. The number of rotatable bonds is 3. The maximum atomic E-state index is 12.8. The molecule has 152 valence electrons. The first-order chi connectivity index (χ1) is 13.0. The van der Waals surface area contributed by atoms with Crippen LogP contribution >= 0.6 is 0 Å². The Hall–Kier alpha value is -2.11. The van der Waals surface area contributed by atoms with E-state index in [0.29, 0.717) is 0 Å². The molecule has 0 N–H and O–H groups in total. The summed E-state index contributed by atoms with van der Waals surface area (Å²) < 4.78 is 34.6. The van der Waals surface area contributed by atoms with Gasteiger partial charge in [-0.1, -0.05) is 0 Å². The van der Waals surface area contributed by atoms with Gasteiger partial charge in [-0.25, -0.2) is 4.79 Å². The van der Waals surface area contributed by atoms with E-state index in [2.05, 4.69) is 0 Å². The van der Waals surface area contributed by atoms with Gasteiger partial charge in [0, 0.05) is 12.1 Å². The van der Waals surface area contributed by atoms with Crippen LogP contribution in [0.5, 0.6) is 5.75 Å². The molecule has 0 spiro atoms. The van der Waals surface area contributed by atoms with Gasteiger partial charge in [0.25, 0.3) is 5.69 Å². The first-order valence-electron chi connectivity index (χ1n) is 8.88. The van der Waals surface area contributed by atoms with E-state index in [1.165, 1.54) is 24.3 Å². The van der Waals surface area contributed by atoms with Gasteiger partial charge in [0.05, 0.1) is 4.92 Å². The fourth-order valence-corrected chi connectivity index (χ4v) is 3.61. The molecule has 10 heteroatoms. The highest BCUT2D eigenvalue weighted by molar-refractivity contribution is 5.78. The molecule has 1 aromatic rings. The summed E-state index contributed by atoms with van der Waals surface area (Å²) in [5.74, 6) is -2.39. The second-order valence-corrected chi connectivity index (χ2v) is 7.76. The Labute approximate surface area is 160 Å². The molecule has 0 unspecified atom stereocenters. The van der Waals surface area contributed by atoms with Crippen LogP contribution in [0.25, 0.3) is 0 Å². The third kappa shape index (κ3) is 3.49. The Bertz CT molecular complexity index is 791. The quantitative estimate of drug-likeness (QED) is 0.327. The SMILES string of the molecule is CC1(C)O[C@H]2[C@@H](O1)[C@H](C(=O)Oc1ccc([N+](=O)[O-])cc1)O[C@@H]1OC(C)(C)O[C@@H]12. The highest BCUT2D eigenvalue weighted by Crippen LogP contribution is 2.44. The largest absolute Gasteiger partial charge is 0.425 e. The van der Waals surface area contributed by atoms with Gasteiger partial charge in [-0.3, -0.25) is 10.1 Å². The Morgan fingerprint density at radius 3 is 2.18 bits per heavy atom. The molecule has 0 aromatic heterocycles. The molecule has 0 amide bonds. The lowest BCUT2D eigenvalue weighted by Crippen LogP contribution is -2.58. The standard InChI is InChI=1S/C18H21NO9/c1-17(2)25-11-12(26-17)14-16(28-18(3,4)27-14)24-13(11)15(20)23-10-7-5-9(6-8-10)19(21)22/h5-8,11-14,16H,1-4H3/t11-,12+,13-,14-,16-/m1/s1. The molecule has 0 aliphatic carbocycles. The number of fused-ring (bicyclic) bond motifs is 3. The lowest BCUT2D eigenvalue weighted by Gasteiger charge is -2.35. The van der Waals surface area contributed by atoms with E-state index < -0.39 is 53.2 Å². The lowest BCUT2D eigenvalue weighted by molar-refractivity contribution is -0.384. The van der Waals surface area contributed by atoms with Crippen LogP contribution in [0.15, 0.2) is 24.3 Å². The first-order valence-corrected chi connectivity index (χ1v) is 8.88. The Kier molecular flexibility index (Phi) is 4.43. The van der Waals surface area contributed by atoms with Gasteiger partial charge < -0.3 is 28.4 Å². The third-order valence-electron chi connectivity index (χ3n) is 4.65. The molecule has 3 saturated heterocycles. The second-order valence-electron chi connectivity index (χ2n) is 7.76. The van der Waals surface area contributed by atoms with Crippen molar-refractivity contribution in [3.63, 3.8) is 0 Å². The number of nitrogens with zero attached hydrogens (tertiary/aromatic N) is 1. The van der Waals surface area contributed by atoms with E-state index in [0.717, 1.165) is 0 Å². The number of benzene rings is 1. The zero-order chi connectivity index (χ0) is 20.3. The summed E-state index contributed by atoms with van der Waals surface area (Å²) in [4.78, 5) is 23.0. The van der Waals surface area contributed by atoms with Gasteiger partial charge in [0.1, 0.15) is 24.1 Å². The molecular formula is C18H21NO9. The Morgan fingerprint density at radius 2 is 1.54 bits per heavy atom. The van der Waals surface area contributed by atoms with Crippen LogP contribution in [0.1, 0.15) is 27.7 Å². The van der Waals surface area contributed by atoms with Crippen molar-refractivity contribution >= 4 is 11.7 Å². The molecule has 4 rings (SSSR count). The van der Waals surface area contributed by atoms with Crippen molar-refractivity contribution in [1.29, 1.82) is 0 Å². The van der Waals surface area contributed by atoms with Gasteiger partial charge in [0.2, 0.25) is 0 Å². The predicted molar refractivity (Wildman–Crippen MR) is 91.3 cm³/mol. The van der Waals surface area contributed by atoms with Crippen molar-refractivity contribution in [3.05, 3.63) is 34.4 Å². The lowest BCUT2D eigenvalue weighted by atomic mass is 9.99. The van der Waals surface area contributed by atoms with Crippen LogP contribution in [0.4, 0.5) is 5.69 Å². The first kappa shape index (κ1) is 19.2. The van der Waals surface area contributed by atoms with Crippen LogP contribution in [0.3, 0.4) is 0 Å². The van der Waals surface area contributed by atoms with Gasteiger partial charge in [0.15, 0.2) is 24.0 Å². The van der Waals surface area contributed by atoms with Crippen molar-refractivity contribution < 1.29 is 38.1 Å². The minimum Gasteiger partial charge on any atom is -0.425 e. The molecule has 5 atom stereocenters. The molecule has 3 heterocycles. The average Bonchev–Trinajstić information content (AvgIpc) is 3.08. The van der Waals surface area contributed by atoms with Crippen molar-refractivity contribution in [2.24, 2.45) is 0 Å². The minimum atomic E-state index is -1.11. The summed E-state index contributed by atoms with van der Waals surface area (Å²) >= 11 is 0. The van der Waals surface area contributed by atoms with E-state index in [1.807, 2.05) is 0 Å². The van der Waals surface area contributed by atoms with Gasteiger partial charge in [-0.05, 0) is 39.8 Å². The summed E-state index contributed by atoms with van der Waals surface area (Å²) in [5.41, 5.74) is -0.107. The van der Waals surface area contributed by atoms with Crippen LogP contribution in [0, 0.1) is 10.1 Å². The van der Waals surface area contributed by atoms with E-state index in [9.17, 15) is 14.9 Å². The normalized spacial score (nSPS) is 35.1. The number of hydrogen-bond donors (Lipinski definition) is 0. The number of ether oxygens (including phenoxy) is 6. The van der Waals surface area contributed by atoms with E-state index in [4.69, 9.17) is 28.4 Å². The summed E-state index contributed by atoms with van der Waals surface area (Å²) in [6.07, 6.45) is -3.81. The minimum absolute atomic E-state index is 0.107. The smallest absolute Gasteiger partial charge is 0.343 e. The number of esters is 1. The molecule has 0 saturated carbocycles. The fraction of sp³-hybridized carbons (Fsp3) is 0.611. The zero-order valence-corrected chi connectivity index (χ0v) is 15.8. The number of hydrogen-bond acceptors (Lipinski definition) is 9. The second kappa shape index (κ2) is 6.46. The van der Waals surface area contributed by atoms with Crippen LogP contribution in [0.2, 0.25) is 0 Å². The third-order valence-corrected chi connectivity index (χ3v) is 4.65. The fourth-order valence-electron chi connectivity index (χ4n) is 3.61. The number of nitro benzene ring substituents is 1. The topological polar surface area (TPSA) is 116 Å². The molecule has 28 heavy (non-hydrogen) atoms. The summed E-state index contributed by atoms with van der Waals surface area (Å²) in [7, 11) is 0. The number of nitro groups is 1. The van der Waals surface area contributed by atoms with Gasteiger partial charge >= 0.3 is 5.97 Å². The monoisotopic (exact) mass is 395 g/mol. The van der Waals surface area contributed by atoms with Crippen molar-refractivity contribution in [3.8, 4) is 5.75 Å². The highest BCUT2D eigenvalue weighted by atomic mass is 16.9. The average molecular weight is 395 g/mol. The summed E-state index contributed by atoms with van der Waals surface area (Å²) in [5, 5.41) is 10.7. The maximum Gasteiger partial charge on any atom is 0.343 e. The summed E-state index contributed by atoms with van der Waals surface area (Å²) in [6, 6.07) is 5.18. The van der Waals surface area contributed by atoms with Crippen molar-refractivity contribution in [2.45, 2.75) is 70.0 Å². The van der Waals surface area contributed by atoms with Gasteiger partial charge in [-0.2, -0.15) is 0 Å². The molecule has 0 bridgehead atoms. The molecular weight excluding hydrogens is 374 g/mol. The van der Waals surface area contributed by atoms with E-state index in [-0.39, 0.29) is 11.4 Å². The zero-order valence-electron chi connectivity index (χ0n) is 15.8. The number of non-ortho nitro benzene ring substituents is 1. The maximum absolute atomic E-state index is 12.8. The van der Waals surface area contributed by atoms with Gasteiger partial charge in [-0.15, -0.1) is 0 Å². The number of carbonyl (C=O) groups excluding carboxylic acids is 1. The van der Waals surface area contributed by atoms with Crippen molar-refractivity contribution in [2.75, 3.05) is 0 Å². The summed E-state index contributed by atoms with van der Waals surface area (Å²) in [6.45, 7) is 6.96. The molecule has 3 aliphatic heterocycles. The molecule has 1 aromatic carbocycles. The van der Waals surface area contributed by atoms with Crippen molar-refractivity contribution in [1.82, 2.24) is 0 Å². The molecule has 3 fully saturated rings. The molecule has 3 aliphatic rings. The number of carbonyl (C=O) groups is 1.